The van der Waals surface area contributed by atoms with Crippen molar-refractivity contribution in [2.75, 3.05) is 14.1 Å². The summed E-state index contributed by atoms with van der Waals surface area (Å²) in [5, 5.41) is 0. The van der Waals surface area contributed by atoms with E-state index in [0.29, 0.717) is 4.70 Å². The third kappa shape index (κ3) is 0.504. The fourth-order valence-corrected chi connectivity index (χ4v) is 0.280. The van der Waals surface area contributed by atoms with Crippen LogP contribution in [0.4, 0.5) is 0 Å². The summed E-state index contributed by atoms with van der Waals surface area (Å²) in [6, 6.07) is 0. The number of hydrogen-bond donors (Lipinski definition) is 3. The van der Waals surface area contributed by atoms with Crippen LogP contribution in [0, 0.1) is 0 Å². The highest BCUT2D eigenvalue weighted by atomic mass is 16.1. The Hall–Kier alpha value is -0.160. The molecule has 4 nitrogen and oxygen atoms in total. The first-order chi connectivity index (χ1) is 2.71. The van der Waals surface area contributed by atoms with Gasteiger partial charge in [0.2, 0.25) is 0 Å². The Balaban J connectivity index is 2.31. The van der Waals surface area contributed by atoms with Crippen LogP contribution < -0.4 is 16.6 Å². The monoisotopic (exact) mass is 89.1 g/mol. The molecular formula is C2H9N4+. The molecule has 4 heteroatoms. The van der Waals surface area contributed by atoms with Crippen LogP contribution in [0.1, 0.15) is 0 Å². The first-order valence-electron chi connectivity index (χ1n) is 1.84. The largest absolute Gasteiger partial charge is 0.147 e. The minimum atomic E-state index is 0.639. The zero-order chi connectivity index (χ0) is 4.62. The van der Waals surface area contributed by atoms with Crippen molar-refractivity contribution in [2.24, 2.45) is 0 Å². The zero-order valence-electron chi connectivity index (χ0n) is 3.95. The van der Waals surface area contributed by atoms with Crippen molar-refractivity contribution in [3.05, 3.63) is 0 Å². The van der Waals surface area contributed by atoms with E-state index < -0.39 is 0 Å². The molecule has 0 bridgehead atoms. The fourth-order valence-electron chi connectivity index (χ4n) is 0.280. The maximum absolute atomic E-state index is 2.86. The van der Waals surface area contributed by atoms with Gasteiger partial charge in [-0.3, -0.25) is 0 Å². The van der Waals surface area contributed by atoms with Gasteiger partial charge in [-0.2, -0.15) is 0 Å². The molecule has 0 aromatic heterocycles. The molecule has 0 aliphatic carbocycles. The van der Waals surface area contributed by atoms with Gasteiger partial charge in [-0.25, -0.2) is 0 Å². The van der Waals surface area contributed by atoms with Crippen LogP contribution in [0.2, 0.25) is 0 Å². The highest BCUT2D eigenvalue weighted by Crippen LogP contribution is 1.81. The molecule has 1 aliphatic rings. The average Bonchev–Trinajstić information content (AvgIpc) is 1.32. The number of hydrogen-bond acceptors (Lipinski definition) is 3. The van der Waals surface area contributed by atoms with Crippen molar-refractivity contribution in [3.63, 3.8) is 0 Å². The number of nitrogens with zero attached hydrogens (tertiary/aromatic N) is 1. The molecular weight excluding hydrogens is 80.0 g/mol. The van der Waals surface area contributed by atoms with Gasteiger partial charge in [0, 0.05) is 0 Å². The van der Waals surface area contributed by atoms with Crippen molar-refractivity contribution < 1.29 is 4.70 Å². The zero-order valence-corrected chi connectivity index (χ0v) is 3.95. The second-order valence-electron chi connectivity index (χ2n) is 1.80. The first kappa shape index (κ1) is 4.01. The van der Waals surface area contributed by atoms with E-state index in [1.807, 2.05) is 14.1 Å². The molecule has 3 N–H and O–H groups in total. The van der Waals surface area contributed by atoms with Gasteiger partial charge in [-0.15, -0.1) is 4.70 Å². The van der Waals surface area contributed by atoms with Crippen LogP contribution in [0.5, 0.6) is 0 Å². The van der Waals surface area contributed by atoms with Gasteiger partial charge in [-0.1, -0.05) is 16.6 Å². The smallest absolute Gasteiger partial charge is 0.107 e. The van der Waals surface area contributed by atoms with Crippen molar-refractivity contribution in [1.29, 1.82) is 0 Å². The topological polar surface area (TPSA) is 36.1 Å². The van der Waals surface area contributed by atoms with E-state index >= 15 is 0 Å². The number of hydrazine groups is 2. The Morgan fingerprint density at radius 2 is 1.50 bits per heavy atom. The molecule has 0 atom stereocenters. The van der Waals surface area contributed by atoms with Crippen molar-refractivity contribution in [2.45, 2.75) is 0 Å². The van der Waals surface area contributed by atoms with Gasteiger partial charge in [0.25, 0.3) is 0 Å². The lowest BCUT2D eigenvalue weighted by atomic mass is 11.1. The van der Waals surface area contributed by atoms with Crippen LogP contribution in [0.15, 0.2) is 0 Å². The second-order valence-corrected chi connectivity index (χ2v) is 1.80. The van der Waals surface area contributed by atoms with E-state index in [1.54, 1.807) is 0 Å². The van der Waals surface area contributed by atoms with Gasteiger partial charge in [0.15, 0.2) is 0 Å². The van der Waals surface area contributed by atoms with E-state index in [2.05, 4.69) is 16.6 Å². The number of quaternary nitrogens is 1. The van der Waals surface area contributed by atoms with Crippen LogP contribution in [-0.2, 0) is 0 Å². The third-order valence-electron chi connectivity index (χ3n) is 0.671. The Morgan fingerprint density at radius 3 is 1.50 bits per heavy atom. The standard InChI is InChI=1S/C2H9N4/c1-6(2)4-3-5-6/h3-5H,1-2H3/q+1. The molecule has 36 valence electrons. The molecule has 1 aliphatic heterocycles. The summed E-state index contributed by atoms with van der Waals surface area (Å²) in [6.45, 7) is 0. The van der Waals surface area contributed by atoms with E-state index in [4.69, 9.17) is 0 Å². The van der Waals surface area contributed by atoms with Gasteiger partial charge < -0.3 is 0 Å². The lowest BCUT2D eigenvalue weighted by Gasteiger charge is -2.36. The second kappa shape index (κ2) is 0.913. The number of nitrogens with one attached hydrogen (secondary N) is 3. The van der Waals surface area contributed by atoms with Crippen LogP contribution in [0.25, 0.3) is 0 Å². The minimum Gasteiger partial charge on any atom is -0.147 e. The molecule has 0 spiro atoms. The van der Waals surface area contributed by atoms with Crippen LogP contribution in [-0.4, -0.2) is 18.8 Å². The highest BCUT2D eigenvalue weighted by molar-refractivity contribution is 4.09. The van der Waals surface area contributed by atoms with Gasteiger partial charge in [0.1, 0.15) is 14.1 Å². The molecule has 1 saturated heterocycles. The maximum atomic E-state index is 2.86. The Bertz CT molecular complexity index is 52.6. The molecule has 0 amide bonds. The highest BCUT2D eigenvalue weighted by Gasteiger charge is 2.22. The van der Waals surface area contributed by atoms with Gasteiger partial charge in [0.05, 0.1) is 0 Å². The lowest BCUT2D eigenvalue weighted by molar-refractivity contribution is -1.04. The first-order valence-corrected chi connectivity index (χ1v) is 1.84. The molecule has 0 aromatic carbocycles. The summed E-state index contributed by atoms with van der Waals surface area (Å²) in [4.78, 5) is 0. The summed E-state index contributed by atoms with van der Waals surface area (Å²) < 4.78 is 0.639. The predicted octanol–water partition coefficient (Wildman–Crippen LogP) is -1.49. The number of rotatable bonds is 0. The summed E-state index contributed by atoms with van der Waals surface area (Å²) in [7, 11) is 3.97. The average molecular weight is 89.1 g/mol. The Labute approximate surface area is 36.6 Å². The maximum Gasteiger partial charge on any atom is 0.107 e. The fraction of sp³-hybridized carbons (Fsp3) is 1.00. The molecule has 1 fully saturated rings. The quantitative estimate of drug-likeness (QED) is 0.316. The van der Waals surface area contributed by atoms with E-state index in [-0.39, 0.29) is 0 Å². The Morgan fingerprint density at radius 1 is 1.17 bits per heavy atom. The summed E-state index contributed by atoms with van der Waals surface area (Å²) >= 11 is 0. The summed E-state index contributed by atoms with van der Waals surface area (Å²) in [5.41, 5.74) is 8.40. The molecule has 1 rings (SSSR count). The SMILES string of the molecule is C[N+]1(C)NNN1. The van der Waals surface area contributed by atoms with E-state index in [1.165, 1.54) is 0 Å². The van der Waals surface area contributed by atoms with Gasteiger partial charge >= 0.3 is 0 Å². The minimum absolute atomic E-state index is 0.639. The van der Waals surface area contributed by atoms with E-state index in [9.17, 15) is 0 Å². The lowest BCUT2D eigenvalue weighted by Crippen LogP contribution is -2.82. The van der Waals surface area contributed by atoms with Crippen molar-refractivity contribution in [1.82, 2.24) is 16.6 Å². The van der Waals surface area contributed by atoms with Gasteiger partial charge in [-0.05, 0) is 0 Å². The molecule has 0 unspecified atom stereocenters. The van der Waals surface area contributed by atoms with Crippen LogP contribution >= 0.6 is 0 Å². The summed E-state index contributed by atoms with van der Waals surface area (Å²) in [6.07, 6.45) is 0. The van der Waals surface area contributed by atoms with E-state index in [0.717, 1.165) is 0 Å². The molecule has 0 aromatic rings. The normalized spacial score (nSPS) is 29.0. The third-order valence-corrected chi connectivity index (χ3v) is 0.671. The predicted molar refractivity (Wildman–Crippen MR) is 21.5 cm³/mol. The summed E-state index contributed by atoms with van der Waals surface area (Å²) in [5.74, 6) is 0. The molecule has 6 heavy (non-hydrogen) atoms. The van der Waals surface area contributed by atoms with Crippen LogP contribution in [0.3, 0.4) is 0 Å². The molecule has 0 saturated carbocycles. The van der Waals surface area contributed by atoms with Crippen molar-refractivity contribution in [3.8, 4) is 0 Å². The molecule has 0 radical (unpaired) electrons. The Kier molecular flexibility index (Phi) is 0.611. The van der Waals surface area contributed by atoms with Crippen molar-refractivity contribution >= 4 is 0 Å². The molecule has 1 heterocycles.